The summed E-state index contributed by atoms with van der Waals surface area (Å²) in [6.45, 7) is 6.59. The number of benzene rings is 1. The smallest absolute Gasteiger partial charge is 0.253 e. The van der Waals surface area contributed by atoms with Crippen molar-refractivity contribution in [1.82, 2.24) is 9.80 Å². The molecule has 6 nitrogen and oxygen atoms in total. The van der Waals surface area contributed by atoms with Gasteiger partial charge in [0.2, 0.25) is 11.8 Å². The summed E-state index contributed by atoms with van der Waals surface area (Å²) in [5.41, 5.74) is 2.41. The van der Waals surface area contributed by atoms with E-state index in [1.54, 1.807) is 18.0 Å². The van der Waals surface area contributed by atoms with Gasteiger partial charge < -0.3 is 14.7 Å². The Hall–Kier alpha value is -2.37. The zero-order chi connectivity index (χ0) is 18.8. The van der Waals surface area contributed by atoms with E-state index in [9.17, 15) is 14.4 Å². The number of carbonyl (C=O) groups excluding carboxylic acids is 3. The van der Waals surface area contributed by atoms with Gasteiger partial charge in [0.1, 0.15) is 0 Å². The number of rotatable bonds is 3. The van der Waals surface area contributed by atoms with Crippen LogP contribution in [0.5, 0.6) is 0 Å². The number of carbonyl (C=O) groups is 3. The van der Waals surface area contributed by atoms with Gasteiger partial charge in [0.05, 0.1) is 6.42 Å². The summed E-state index contributed by atoms with van der Waals surface area (Å²) < 4.78 is 0. The molecule has 0 aromatic heterocycles. The lowest BCUT2D eigenvalue weighted by Gasteiger charge is -2.23. The third-order valence-electron chi connectivity index (χ3n) is 5.12. The Kier molecular flexibility index (Phi) is 5.30. The summed E-state index contributed by atoms with van der Waals surface area (Å²) in [4.78, 5) is 42.3. The van der Waals surface area contributed by atoms with Crippen LogP contribution in [-0.4, -0.2) is 60.7 Å². The van der Waals surface area contributed by atoms with Gasteiger partial charge in [-0.3, -0.25) is 14.4 Å². The summed E-state index contributed by atoms with van der Waals surface area (Å²) in [5, 5.41) is 0. The van der Waals surface area contributed by atoms with E-state index < -0.39 is 0 Å². The minimum absolute atomic E-state index is 0.0204. The lowest BCUT2D eigenvalue weighted by Crippen LogP contribution is -2.37. The molecule has 0 bridgehead atoms. The second-order valence-electron chi connectivity index (χ2n) is 7.60. The Morgan fingerprint density at radius 1 is 1.08 bits per heavy atom. The molecule has 0 spiro atoms. The minimum atomic E-state index is -0.0204. The molecule has 3 amide bonds. The minimum Gasteiger partial charge on any atom is -0.341 e. The topological polar surface area (TPSA) is 60.9 Å². The first-order valence-corrected chi connectivity index (χ1v) is 9.33. The maximum Gasteiger partial charge on any atom is 0.253 e. The highest BCUT2D eigenvalue weighted by molar-refractivity contribution is 6.03. The molecule has 140 valence electrons. The first-order valence-electron chi connectivity index (χ1n) is 9.33. The third kappa shape index (κ3) is 3.74. The molecule has 0 radical (unpaired) electrons. The van der Waals surface area contributed by atoms with Gasteiger partial charge in [-0.2, -0.15) is 0 Å². The number of likely N-dealkylation sites (N-methyl/N-ethyl adjacent to an activating group) is 1. The standard InChI is InChI=1S/C20H27N3O3/c1-14(2)11-19(25)22-7-4-8-23(10-9-22)20(26)15-5-6-17-16(12-15)13-18(24)21(17)3/h5-6,12,14H,4,7-11,13H2,1-3H3. The molecular weight excluding hydrogens is 330 g/mol. The van der Waals surface area contributed by atoms with Crippen LogP contribution in [0.15, 0.2) is 18.2 Å². The van der Waals surface area contributed by atoms with Crippen molar-refractivity contribution in [2.75, 3.05) is 38.1 Å². The van der Waals surface area contributed by atoms with Crippen LogP contribution >= 0.6 is 0 Å². The van der Waals surface area contributed by atoms with Gasteiger partial charge in [0.25, 0.3) is 5.91 Å². The molecule has 1 aromatic rings. The van der Waals surface area contributed by atoms with Crippen LogP contribution in [0.4, 0.5) is 5.69 Å². The molecular formula is C20H27N3O3. The molecule has 6 heteroatoms. The maximum atomic E-state index is 12.9. The normalized spacial score (nSPS) is 17.5. The molecule has 26 heavy (non-hydrogen) atoms. The molecule has 0 aliphatic carbocycles. The van der Waals surface area contributed by atoms with E-state index in [2.05, 4.69) is 0 Å². The van der Waals surface area contributed by atoms with E-state index in [1.807, 2.05) is 35.8 Å². The SMILES string of the molecule is CC(C)CC(=O)N1CCCN(C(=O)c2ccc3c(c2)CC(=O)N3C)CC1. The highest BCUT2D eigenvalue weighted by atomic mass is 16.2. The Morgan fingerprint density at radius 2 is 1.77 bits per heavy atom. The van der Waals surface area contributed by atoms with Crippen LogP contribution < -0.4 is 4.90 Å². The molecule has 2 aliphatic heterocycles. The van der Waals surface area contributed by atoms with Crippen molar-refractivity contribution in [3.8, 4) is 0 Å². The highest BCUT2D eigenvalue weighted by Crippen LogP contribution is 2.28. The average Bonchev–Trinajstić information content (AvgIpc) is 2.78. The zero-order valence-corrected chi connectivity index (χ0v) is 15.8. The van der Waals surface area contributed by atoms with Crippen LogP contribution in [-0.2, 0) is 16.0 Å². The monoisotopic (exact) mass is 357 g/mol. The predicted molar refractivity (Wildman–Crippen MR) is 100 cm³/mol. The van der Waals surface area contributed by atoms with Crippen molar-refractivity contribution in [3.05, 3.63) is 29.3 Å². The number of hydrogen-bond acceptors (Lipinski definition) is 3. The van der Waals surface area contributed by atoms with Crippen molar-refractivity contribution in [1.29, 1.82) is 0 Å². The molecule has 1 aromatic carbocycles. The summed E-state index contributed by atoms with van der Waals surface area (Å²) in [6, 6.07) is 5.48. The second-order valence-corrected chi connectivity index (χ2v) is 7.60. The molecule has 2 aliphatic rings. The second kappa shape index (κ2) is 7.48. The molecule has 1 saturated heterocycles. The van der Waals surface area contributed by atoms with Crippen molar-refractivity contribution in [3.63, 3.8) is 0 Å². The number of nitrogens with zero attached hydrogens (tertiary/aromatic N) is 3. The van der Waals surface area contributed by atoms with Crippen LogP contribution in [0, 0.1) is 5.92 Å². The Morgan fingerprint density at radius 3 is 2.50 bits per heavy atom. The van der Waals surface area contributed by atoms with Crippen molar-refractivity contribution in [2.24, 2.45) is 5.92 Å². The number of anilines is 1. The molecule has 3 rings (SSSR count). The van der Waals surface area contributed by atoms with Gasteiger partial charge in [-0.1, -0.05) is 13.8 Å². The largest absolute Gasteiger partial charge is 0.341 e. The zero-order valence-electron chi connectivity index (χ0n) is 15.8. The van der Waals surface area contributed by atoms with Crippen molar-refractivity contribution < 1.29 is 14.4 Å². The van der Waals surface area contributed by atoms with Crippen LogP contribution in [0.25, 0.3) is 0 Å². The quantitative estimate of drug-likeness (QED) is 0.830. The Balaban J connectivity index is 1.67. The average molecular weight is 357 g/mol. The van der Waals surface area contributed by atoms with E-state index in [0.29, 0.717) is 50.5 Å². The maximum absolute atomic E-state index is 12.9. The molecule has 0 N–H and O–H groups in total. The van der Waals surface area contributed by atoms with E-state index in [1.165, 1.54) is 0 Å². The van der Waals surface area contributed by atoms with Crippen molar-refractivity contribution in [2.45, 2.75) is 33.1 Å². The van der Waals surface area contributed by atoms with Crippen LogP contribution in [0.2, 0.25) is 0 Å². The lowest BCUT2D eigenvalue weighted by atomic mass is 10.1. The third-order valence-corrected chi connectivity index (χ3v) is 5.12. The van der Waals surface area contributed by atoms with E-state index >= 15 is 0 Å². The summed E-state index contributed by atoms with van der Waals surface area (Å²) in [6.07, 6.45) is 1.70. The van der Waals surface area contributed by atoms with Gasteiger partial charge >= 0.3 is 0 Å². The van der Waals surface area contributed by atoms with E-state index in [-0.39, 0.29) is 17.7 Å². The Bertz CT molecular complexity index is 729. The first kappa shape index (κ1) is 18.4. The first-order chi connectivity index (χ1) is 12.4. The molecule has 2 heterocycles. The van der Waals surface area contributed by atoms with Crippen LogP contribution in [0.1, 0.15) is 42.6 Å². The van der Waals surface area contributed by atoms with Gasteiger partial charge in [0, 0.05) is 50.9 Å². The predicted octanol–water partition coefficient (Wildman–Crippen LogP) is 1.93. The van der Waals surface area contributed by atoms with Gasteiger partial charge in [-0.05, 0) is 36.1 Å². The van der Waals surface area contributed by atoms with E-state index in [0.717, 1.165) is 17.7 Å². The molecule has 0 atom stereocenters. The number of hydrogen-bond donors (Lipinski definition) is 0. The van der Waals surface area contributed by atoms with Crippen LogP contribution in [0.3, 0.4) is 0 Å². The fraction of sp³-hybridized carbons (Fsp3) is 0.550. The van der Waals surface area contributed by atoms with Crippen molar-refractivity contribution >= 4 is 23.4 Å². The van der Waals surface area contributed by atoms with Gasteiger partial charge in [-0.15, -0.1) is 0 Å². The van der Waals surface area contributed by atoms with Gasteiger partial charge in [0.15, 0.2) is 0 Å². The summed E-state index contributed by atoms with van der Waals surface area (Å²) in [5.74, 6) is 0.552. The molecule has 1 fully saturated rings. The van der Waals surface area contributed by atoms with E-state index in [4.69, 9.17) is 0 Å². The highest BCUT2D eigenvalue weighted by Gasteiger charge is 2.27. The molecule has 0 saturated carbocycles. The fourth-order valence-electron chi connectivity index (χ4n) is 3.63. The molecule has 0 unspecified atom stereocenters. The summed E-state index contributed by atoms with van der Waals surface area (Å²) >= 11 is 0. The lowest BCUT2D eigenvalue weighted by molar-refractivity contribution is -0.131. The fourth-order valence-corrected chi connectivity index (χ4v) is 3.63. The van der Waals surface area contributed by atoms with Gasteiger partial charge in [-0.25, -0.2) is 0 Å². The Labute approximate surface area is 154 Å². The number of amides is 3. The number of fused-ring (bicyclic) bond motifs is 1. The summed E-state index contributed by atoms with van der Waals surface area (Å²) in [7, 11) is 1.76.